The van der Waals surface area contributed by atoms with Crippen molar-refractivity contribution in [3.63, 3.8) is 0 Å². The Bertz CT molecular complexity index is 892. The number of anilines is 1. The van der Waals surface area contributed by atoms with E-state index in [-0.39, 0.29) is 0 Å². The molecule has 0 aliphatic carbocycles. The minimum absolute atomic E-state index is 0.356. The van der Waals surface area contributed by atoms with E-state index < -0.39 is 10.0 Å². The van der Waals surface area contributed by atoms with E-state index in [4.69, 9.17) is 4.74 Å². The van der Waals surface area contributed by atoms with Gasteiger partial charge in [-0.1, -0.05) is 0 Å². The molecule has 0 saturated carbocycles. The molecule has 2 aromatic heterocycles. The fourth-order valence-corrected chi connectivity index (χ4v) is 2.41. The van der Waals surface area contributed by atoms with Gasteiger partial charge in [-0.2, -0.15) is 5.10 Å². The van der Waals surface area contributed by atoms with E-state index in [0.717, 1.165) is 6.26 Å². The lowest BCUT2D eigenvalue weighted by atomic mass is 10.3. The Morgan fingerprint density at radius 1 is 1.17 bits per heavy atom. The number of rotatable bonds is 5. The molecule has 0 bridgehead atoms. The Hall–Kier alpha value is -2.94. The van der Waals surface area contributed by atoms with Crippen molar-refractivity contribution in [2.24, 2.45) is 0 Å². The van der Waals surface area contributed by atoms with E-state index in [1.165, 1.54) is 6.33 Å². The number of benzene rings is 1. The van der Waals surface area contributed by atoms with Crippen LogP contribution in [-0.4, -0.2) is 34.4 Å². The third-order valence-electron chi connectivity index (χ3n) is 2.75. The Morgan fingerprint density at radius 2 is 1.96 bits per heavy atom. The van der Waals surface area contributed by atoms with Gasteiger partial charge < -0.3 is 4.74 Å². The zero-order valence-corrected chi connectivity index (χ0v) is 12.9. The number of hydrogen-bond acceptors (Lipinski definition) is 6. The molecule has 0 saturated heterocycles. The van der Waals surface area contributed by atoms with E-state index in [1.54, 1.807) is 53.5 Å². The predicted octanol–water partition coefficient (Wildman–Crippen LogP) is 1.83. The zero-order chi connectivity index (χ0) is 16.3. The van der Waals surface area contributed by atoms with Crippen LogP contribution in [0.4, 0.5) is 5.69 Å². The average Bonchev–Trinajstić information content (AvgIpc) is 3.02. The summed E-state index contributed by atoms with van der Waals surface area (Å²) in [5, 5.41) is 4.09. The maximum Gasteiger partial charge on any atom is 0.229 e. The summed E-state index contributed by atoms with van der Waals surface area (Å²) in [6, 6.07) is 9.93. The molecule has 0 unspecified atom stereocenters. The first-order valence-electron chi connectivity index (χ1n) is 6.57. The molecule has 0 aliphatic heterocycles. The molecular weight excluding hydrogens is 318 g/mol. The highest BCUT2D eigenvalue weighted by Gasteiger charge is 2.05. The van der Waals surface area contributed by atoms with E-state index >= 15 is 0 Å². The van der Waals surface area contributed by atoms with Crippen LogP contribution < -0.4 is 9.46 Å². The van der Waals surface area contributed by atoms with Gasteiger partial charge in [-0.15, -0.1) is 0 Å². The summed E-state index contributed by atoms with van der Waals surface area (Å²) in [6.07, 6.45) is 5.88. The quantitative estimate of drug-likeness (QED) is 0.766. The summed E-state index contributed by atoms with van der Waals surface area (Å²) in [5.74, 6) is 1.46. The summed E-state index contributed by atoms with van der Waals surface area (Å²) in [4.78, 5) is 8.15. The molecule has 2 heterocycles. The fourth-order valence-electron chi connectivity index (χ4n) is 1.84. The maximum absolute atomic E-state index is 11.2. The first kappa shape index (κ1) is 15.0. The largest absolute Gasteiger partial charge is 0.439 e. The molecule has 0 spiro atoms. The molecule has 9 heteroatoms. The molecule has 0 atom stereocenters. The smallest absolute Gasteiger partial charge is 0.229 e. The van der Waals surface area contributed by atoms with Gasteiger partial charge in [0.15, 0.2) is 5.82 Å². The van der Waals surface area contributed by atoms with Crippen LogP contribution in [0.25, 0.3) is 5.82 Å². The van der Waals surface area contributed by atoms with Crippen molar-refractivity contribution < 1.29 is 13.2 Å². The van der Waals surface area contributed by atoms with E-state index in [1.807, 2.05) is 0 Å². The minimum atomic E-state index is -3.30. The molecule has 0 fully saturated rings. The van der Waals surface area contributed by atoms with Crippen LogP contribution in [0.2, 0.25) is 0 Å². The van der Waals surface area contributed by atoms with Crippen molar-refractivity contribution in [3.8, 4) is 17.4 Å². The molecule has 1 N–H and O–H groups in total. The van der Waals surface area contributed by atoms with Gasteiger partial charge in [-0.25, -0.2) is 23.1 Å². The topological polar surface area (TPSA) is 99.0 Å². The second kappa shape index (κ2) is 6.05. The van der Waals surface area contributed by atoms with Gasteiger partial charge in [0.2, 0.25) is 15.9 Å². The molecule has 23 heavy (non-hydrogen) atoms. The Morgan fingerprint density at radius 3 is 2.61 bits per heavy atom. The van der Waals surface area contributed by atoms with Crippen LogP contribution in [0.15, 0.2) is 55.1 Å². The number of hydrogen-bond donors (Lipinski definition) is 1. The van der Waals surface area contributed by atoms with Crippen LogP contribution in [0, 0.1) is 0 Å². The highest BCUT2D eigenvalue weighted by Crippen LogP contribution is 2.22. The third kappa shape index (κ3) is 4.04. The van der Waals surface area contributed by atoms with E-state index in [0.29, 0.717) is 23.1 Å². The first-order valence-corrected chi connectivity index (χ1v) is 8.46. The van der Waals surface area contributed by atoms with Crippen LogP contribution in [0.5, 0.6) is 11.6 Å². The van der Waals surface area contributed by atoms with Crippen molar-refractivity contribution in [1.82, 2.24) is 19.7 Å². The van der Waals surface area contributed by atoms with Crippen molar-refractivity contribution in [3.05, 3.63) is 55.1 Å². The molecule has 0 radical (unpaired) electrons. The van der Waals surface area contributed by atoms with Gasteiger partial charge >= 0.3 is 0 Å². The van der Waals surface area contributed by atoms with Crippen LogP contribution in [0.1, 0.15) is 0 Å². The third-order valence-corrected chi connectivity index (χ3v) is 3.35. The Balaban J connectivity index is 1.76. The van der Waals surface area contributed by atoms with Crippen LogP contribution in [0.3, 0.4) is 0 Å². The zero-order valence-electron chi connectivity index (χ0n) is 12.1. The normalized spacial score (nSPS) is 11.2. The number of ether oxygens (including phenoxy) is 1. The summed E-state index contributed by atoms with van der Waals surface area (Å²) in [5.41, 5.74) is 0.458. The molecule has 8 nitrogen and oxygen atoms in total. The van der Waals surface area contributed by atoms with E-state index in [9.17, 15) is 8.42 Å². The second-order valence-electron chi connectivity index (χ2n) is 4.67. The highest BCUT2D eigenvalue weighted by molar-refractivity contribution is 7.92. The summed E-state index contributed by atoms with van der Waals surface area (Å²) in [7, 11) is -3.30. The highest BCUT2D eigenvalue weighted by atomic mass is 32.2. The minimum Gasteiger partial charge on any atom is -0.439 e. The number of nitrogens with zero attached hydrogens (tertiary/aromatic N) is 4. The second-order valence-corrected chi connectivity index (χ2v) is 6.41. The first-order chi connectivity index (χ1) is 11.0. The maximum atomic E-state index is 11.2. The van der Waals surface area contributed by atoms with Gasteiger partial charge in [0.05, 0.1) is 6.26 Å². The van der Waals surface area contributed by atoms with Crippen LogP contribution >= 0.6 is 0 Å². The molecule has 0 amide bonds. The van der Waals surface area contributed by atoms with Crippen molar-refractivity contribution in [2.45, 2.75) is 0 Å². The molecule has 3 aromatic rings. The SMILES string of the molecule is CS(=O)(=O)Nc1ccc(Oc2cc(-n3cccn3)ncn2)cc1. The Kier molecular flexibility index (Phi) is 3.94. The summed E-state index contributed by atoms with van der Waals surface area (Å²) in [6.45, 7) is 0. The van der Waals surface area contributed by atoms with Gasteiger partial charge in [0.25, 0.3) is 0 Å². The standard InChI is InChI=1S/C14H13N5O3S/c1-23(20,21)18-11-3-5-12(6-4-11)22-14-9-13(15-10-16-14)19-8-2-7-17-19/h2-10,18H,1H3. The van der Waals surface area contributed by atoms with Gasteiger partial charge in [-0.05, 0) is 30.3 Å². The average molecular weight is 331 g/mol. The van der Waals surface area contributed by atoms with Crippen molar-refractivity contribution in [1.29, 1.82) is 0 Å². The Labute approximate surface area is 132 Å². The van der Waals surface area contributed by atoms with Gasteiger partial charge in [-0.3, -0.25) is 4.72 Å². The molecular formula is C14H13N5O3S. The van der Waals surface area contributed by atoms with E-state index in [2.05, 4.69) is 19.8 Å². The lowest BCUT2D eigenvalue weighted by molar-refractivity contribution is 0.460. The van der Waals surface area contributed by atoms with Crippen LogP contribution in [-0.2, 0) is 10.0 Å². The predicted molar refractivity (Wildman–Crippen MR) is 84.1 cm³/mol. The number of aromatic nitrogens is 4. The van der Waals surface area contributed by atoms with Gasteiger partial charge in [0, 0.05) is 24.1 Å². The molecule has 118 valence electrons. The molecule has 1 aromatic carbocycles. The number of nitrogens with one attached hydrogen (secondary N) is 1. The summed E-state index contributed by atoms with van der Waals surface area (Å²) < 4.78 is 31.9. The van der Waals surface area contributed by atoms with Crippen molar-refractivity contribution in [2.75, 3.05) is 11.0 Å². The molecule has 0 aliphatic rings. The molecule has 3 rings (SSSR count). The van der Waals surface area contributed by atoms with Crippen molar-refractivity contribution >= 4 is 15.7 Å². The lowest BCUT2D eigenvalue weighted by Gasteiger charge is -2.08. The summed E-state index contributed by atoms with van der Waals surface area (Å²) >= 11 is 0. The number of sulfonamides is 1. The lowest BCUT2D eigenvalue weighted by Crippen LogP contribution is -2.09. The monoisotopic (exact) mass is 331 g/mol. The van der Waals surface area contributed by atoms with Gasteiger partial charge in [0.1, 0.15) is 12.1 Å². The fraction of sp³-hybridized carbons (Fsp3) is 0.0714.